The highest BCUT2D eigenvalue weighted by Crippen LogP contribution is 2.22. The minimum absolute atomic E-state index is 0.0835. The van der Waals surface area contributed by atoms with E-state index in [9.17, 15) is 9.18 Å². The summed E-state index contributed by atoms with van der Waals surface area (Å²) in [4.78, 5) is 19.8. The maximum absolute atomic E-state index is 12.8. The Hall–Kier alpha value is -3.71. The van der Waals surface area contributed by atoms with E-state index in [2.05, 4.69) is 30.1 Å². The van der Waals surface area contributed by atoms with Crippen LogP contribution in [0.2, 0.25) is 0 Å². The van der Waals surface area contributed by atoms with Crippen molar-refractivity contribution in [3.63, 3.8) is 0 Å². The fourth-order valence-corrected chi connectivity index (χ4v) is 2.76. The van der Waals surface area contributed by atoms with Crippen molar-refractivity contribution in [2.75, 3.05) is 20.3 Å². The van der Waals surface area contributed by atoms with Crippen molar-refractivity contribution in [1.29, 1.82) is 0 Å². The van der Waals surface area contributed by atoms with E-state index in [0.29, 0.717) is 12.3 Å². The van der Waals surface area contributed by atoms with Crippen LogP contribution in [-0.2, 0) is 20.7 Å². The Labute approximate surface area is 200 Å². The van der Waals surface area contributed by atoms with Gasteiger partial charge in [-0.25, -0.2) is 4.39 Å². The van der Waals surface area contributed by atoms with Crippen LogP contribution in [-0.4, -0.2) is 32.6 Å². The molecule has 0 aliphatic heterocycles. The van der Waals surface area contributed by atoms with Gasteiger partial charge in [0.1, 0.15) is 23.9 Å². The fraction of sp³-hybridized carbons (Fsp3) is 0.259. The van der Waals surface area contributed by atoms with Crippen LogP contribution in [0, 0.1) is 12.7 Å². The Balaban J connectivity index is 0.000000480. The Morgan fingerprint density at radius 3 is 2.00 bits per heavy atom. The van der Waals surface area contributed by atoms with Gasteiger partial charge in [0.25, 0.3) is 0 Å². The van der Waals surface area contributed by atoms with E-state index in [-0.39, 0.29) is 24.7 Å². The number of nitrogens with one attached hydrogen (secondary N) is 1. The summed E-state index contributed by atoms with van der Waals surface area (Å²) in [7, 11) is 1.50. The Morgan fingerprint density at radius 1 is 0.941 bits per heavy atom. The smallest absolute Gasteiger partial charge is 0.245 e. The van der Waals surface area contributed by atoms with Gasteiger partial charge in [-0.2, -0.15) is 0 Å². The Kier molecular flexibility index (Phi) is 14.8. The first kappa shape index (κ1) is 28.3. The molecule has 182 valence electrons. The molecule has 0 bridgehead atoms. The Morgan fingerprint density at radius 2 is 1.50 bits per heavy atom. The second-order valence-electron chi connectivity index (χ2n) is 7.23. The van der Waals surface area contributed by atoms with E-state index >= 15 is 0 Å². The lowest BCUT2D eigenvalue weighted by atomic mass is 10.1. The van der Waals surface area contributed by atoms with Crippen molar-refractivity contribution in [2.45, 2.75) is 26.2 Å². The highest BCUT2D eigenvalue weighted by atomic mass is 19.1. The van der Waals surface area contributed by atoms with Gasteiger partial charge in [-0.1, -0.05) is 48.0 Å². The minimum Gasteiger partial charge on any atom is -0.457 e. The maximum Gasteiger partial charge on any atom is 0.245 e. The number of carbonyl (C=O) groups is 2. The van der Waals surface area contributed by atoms with Crippen molar-refractivity contribution in [2.24, 2.45) is 5.73 Å². The maximum atomic E-state index is 12.8. The van der Waals surface area contributed by atoms with Gasteiger partial charge in [0, 0.05) is 13.7 Å². The second-order valence-corrected chi connectivity index (χ2v) is 7.23. The van der Waals surface area contributed by atoms with E-state index in [1.807, 2.05) is 42.5 Å². The highest BCUT2D eigenvalue weighted by molar-refractivity contribution is 5.77. The van der Waals surface area contributed by atoms with E-state index in [0.717, 1.165) is 25.0 Å². The molecule has 0 saturated heterocycles. The molecule has 0 fully saturated rings. The van der Waals surface area contributed by atoms with Crippen molar-refractivity contribution in [1.82, 2.24) is 5.32 Å². The molecule has 0 heterocycles. The number of benzene rings is 3. The van der Waals surface area contributed by atoms with Crippen molar-refractivity contribution < 1.29 is 23.5 Å². The molecule has 34 heavy (non-hydrogen) atoms. The predicted octanol–water partition coefficient (Wildman–Crippen LogP) is 4.80. The molecule has 0 spiro atoms. The fourth-order valence-electron chi connectivity index (χ4n) is 2.76. The lowest BCUT2D eigenvalue weighted by molar-refractivity contribution is -0.124. The first-order chi connectivity index (χ1) is 16.5. The molecule has 0 unspecified atom stereocenters. The molecule has 0 atom stereocenters. The average Bonchev–Trinajstić information content (AvgIpc) is 2.83. The SMILES string of the molecule is COCC(=O)NCCCCc1ccc(Oc2ccc(F)cc2)cc1.Cc1ccccc1.NC=O. The normalized spacial score (nSPS) is 9.50. The van der Waals surface area contributed by atoms with Crippen molar-refractivity contribution in [3.05, 3.63) is 95.8 Å². The van der Waals surface area contributed by atoms with Crippen LogP contribution < -0.4 is 15.8 Å². The summed E-state index contributed by atoms with van der Waals surface area (Å²) in [5.41, 5.74) is 6.70. The summed E-state index contributed by atoms with van der Waals surface area (Å²) in [6, 6.07) is 24.0. The number of primary amides is 1. The van der Waals surface area contributed by atoms with Crippen LogP contribution in [0.4, 0.5) is 4.39 Å². The third-order valence-electron chi connectivity index (χ3n) is 4.40. The summed E-state index contributed by atoms with van der Waals surface area (Å²) >= 11 is 0. The minimum atomic E-state index is -0.281. The number of aryl methyl sites for hydroxylation is 2. The second kappa shape index (κ2) is 17.8. The van der Waals surface area contributed by atoms with Gasteiger partial charge in [-0.15, -0.1) is 0 Å². The number of halogens is 1. The van der Waals surface area contributed by atoms with Crippen molar-refractivity contribution >= 4 is 12.3 Å². The van der Waals surface area contributed by atoms with Gasteiger partial charge in [0.2, 0.25) is 12.3 Å². The molecule has 7 heteroatoms. The van der Waals surface area contributed by atoms with Crippen LogP contribution in [0.3, 0.4) is 0 Å². The van der Waals surface area contributed by atoms with Gasteiger partial charge < -0.3 is 20.5 Å². The van der Waals surface area contributed by atoms with Crippen LogP contribution in [0.5, 0.6) is 11.5 Å². The van der Waals surface area contributed by atoms with Gasteiger partial charge in [-0.05, 0) is 68.1 Å². The van der Waals surface area contributed by atoms with Gasteiger partial charge >= 0.3 is 0 Å². The standard InChI is InChI=1S/C19H22FNO3.C7H8.CH3NO/c1-23-14-19(22)21-13-3-2-4-15-5-9-17(10-6-15)24-18-11-7-16(20)8-12-18;1-7-5-3-2-4-6-7;2-1-3/h5-12H,2-4,13-14H2,1H3,(H,21,22);2-6H,1H3;1H,(H2,2,3). The van der Waals surface area contributed by atoms with Crippen LogP contribution in [0.25, 0.3) is 0 Å². The molecule has 2 amide bonds. The lowest BCUT2D eigenvalue weighted by Gasteiger charge is -2.07. The largest absolute Gasteiger partial charge is 0.457 e. The zero-order chi connectivity index (χ0) is 25.0. The first-order valence-electron chi connectivity index (χ1n) is 10.9. The number of ether oxygens (including phenoxy) is 2. The average molecular weight is 469 g/mol. The van der Waals surface area contributed by atoms with Crippen LogP contribution >= 0.6 is 0 Å². The zero-order valence-corrected chi connectivity index (χ0v) is 19.7. The molecular formula is C27H33FN2O4. The number of rotatable bonds is 9. The molecular weight excluding hydrogens is 435 g/mol. The first-order valence-corrected chi connectivity index (χ1v) is 10.9. The van der Waals surface area contributed by atoms with E-state index in [1.165, 1.54) is 30.4 Å². The molecule has 0 radical (unpaired) electrons. The number of hydrogen-bond acceptors (Lipinski definition) is 4. The van der Waals surface area contributed by atoms with E-state index in [4.69, 9.17) is 14.3 Å². The lowest BCUT2D eigenvalue weighted by Crippen LogP contribution is -2.27. The van der Waals surface area contributed by atoms with Gasteiger partial charge in [0.05, 0.1) is 0 Å². The van der Waals surface area contributed by atoms with E-state index < -0.39 is 0 Å². The molecule has 0 aliphatic carbocycles. The van der Waals surface area contributed by atoms with Gasteiger partial charge in [-0.3, -0.25) is 9.59 Å². The topological polar surface area (TPSA) is 90.7 Å². The number of methoxy groups -OCH3 is 1. The summed E-state index contributed by atoms with van der Waals surface area (Å²) in [5, 5.41) is 2.80. The number of hydrogen-bond donors (Lipinski definition) is 2. The van der Waals surface area contributed by atoms with Crippen LogP contribution in [0.15, 0.2) is 78.9 Å². The van der Waals surface area contributed by atoms with Crippen molar-refractivity contribution in [3.8, 4) is 11.5 Å². The third kappa shape index (κ3) is 13.6. The highest BCUT2D eigenvalue weighted by Gasteiger charge is 2.01. The zero-order valence-electron chi connectivity index (χ0n) is 19.7. The number of amides is 2. The van der Waals surface area contributed by atoms with Gasteiger partial charge in [0.15, 0.2) is 0 Å². The molecule has 6 nitrogen and oxygen atoms in total. The number of nitrogens with two attached hydrogens (primary N) is 1. The summed E-state index contributed by atoms with van der Waals surface area (Å²) in [6.07, 6.45) is 3.10. The molecule has 3 aromatic carbocycles. The molecule has 3 aromatic rings. The Bertz CT molecular complexity index is 933. The summed E-state index contributed by atoms with van der Waals surface area (Å²) in [6.45, 7) is 2.85. The molecule has 3 rings (SSSR count). The number of unbranched alkanes of at least 4 members (excludes halogenated alkanes) is 1. The molecule has 3 N–H and O–H groups in total. The quantitative estimate of drug-likeness (QED) is 0.349. The predicted molar refractivity (Wildman–Crippen MR) is 132 cm³/mol. The number of carbonyl (C=O) groups excluding carboxylic acids is 2. The van der Waals surface area contributed by atoms with E-state index in [1.54, 1.807) is 12.1 Å². The molecule has 0 aromatic heterocycles. The summed E-state index contributed by atoms with van der Waals surface area (Å²) < 4.78 is 23.3. The summed E-state index contributed by atoms with van der Waals surface area (Å²) in [5.74, 6) is 0.962. The molecule has 0 aliphatic rings. The molecule has 0 saturated carbocycles. The monoisotopic (exact) mass is 468 g/mol. The van der Waals surface area contributed by atoms with Crippen LogP contribution in [0.1, 0.15) is 24.0 Å². The third-order valence-corrected chi connectivity index (χ3v) is 4.40.